The lowest BCUT2D eigenvalue weighted by atomic mass is 10.1. The minimum Gasteiger partial charge on any atom is -0.497 e. The minimum absolute atomic E-state index is 0.0468. The van der Waals surface area contributed by atoms with Crippen molar-refractivity contribution in [1.82, 2.24) is 0 Å². The second-order valence-electron chi connectivity index (χ2n) is 5.10. The molecule has 0 spiro atoms. The number of benzene rings is 1. The summed E-state index contributed by atoms with van der Waals surface area (Å²) < 4.78 is 10.6. The third-order valence-electron chi connectivity index (χ3n) is 3.54. The van der Waals surface area contributed by atoms with Crippen LogP contribution in [0.3, 0.4) is 0 Å². The molecule has 0 heterocycles. The van der Waals surface area contributed by atoms with E-state index in [0.717, 1.165) is 31.4 Å². The molecule has 104 valence electrons. The van der Waals surface area contributed by atoms with Gasteiger partial charge in [0.25, 0.3) is 0 Å². The average Bonchev–Trinajstić information content (AvgIpc) is 3.18. The Kier molecular flexibility index (Phi) is 4.83. The normalized spacial score (nSPS) is 20.9. The molecule has 2 unspecified atom stereocenters. The van der Waals surface area contributed by atoms with E-state index in [1.54, 1.807) is 7.11 Å². The Hall–Kier alpha value is -1.51. The first-order valence-electron chi connectivity index (χ1n) is 7.08. The van der Waals surface area contributed by atoms with Gasteiger partial charge in [0.1, 0.15) is 11.9 Å². The van der Waals surface area contributed by atoms with E-state index >= 15 is 0 Å². The van der Waals surface area contributed by atoms with Crippen LogP contribution in [0.4, 0.5) is 0 Å². The Bertz CT molecular complexity index is 411. The largest absolute Gasteiger partial charge is 0.497 e. The van der Waals surface area contributed by atoms with Crippen molar-refractivity contribution in [2.45, 2.75) is 51.0 Å². The van der Waals surface area contributed by atoms with Crippen LogP contribution in [0, 0.1) is 0 Å². The van der Waals surface area contributed by atoms with Gasteiger partial charge in [-0.3, -0.25) is 4.79 Å². The zero-order valence-corrected chi connectivity index (χ0v) is 11.7. The van der Waals surface area contributed by atoms with Crippen molar-refractivity contribution in [1.29, 1.82) is 0 Å². The molecule has 2 atom stereocenters. The predicted octanol–water partition coefficient (Wildman–Crippen LogP) is 3.67. The summed E-state index contributed by atoms with van der Waals surface area (Å²) in [7, 11) is 1.66. The van der Waals surface area contributed by atoms with Crippen LogP contribution in [-0.4, -0.2) is 19.2 Å². The van der Waals surface area contributed by atoms with Crippen LogP contribution >= 0.6 is 0 Å². The lowest BCUT2D eigenvalue weighted by Crippen LogP contribution is -2.07. The number of carbonyl (C=O) groups excluding carboxylic acids is 1. The van der Waals surface area contributed by atoms with E-state index < -0.39 is 0 Å². The van der Waals surface area contributed by atoms with Crippen molar-refractivity contribution in [3.63, 3.8) is 0 Å². The molecule has 0 bridgehead atoms. The quantitative estimate of drug-likeness (QED) is 0.555. The molecule has 0 N–H and O–H groups in total. The fraction of sp³-hybridized carbons (Fsp3) is 0.562. The highest BCUT2D eigenvalue weighted by atomic mass is 16.5. The molecule has 1 aliphatic carbocycles. The molecule has 1 aromatic carbocycles. The van der Waals surface area contributed by atoms with E-state index in [1.165, 1.54) is 5.56 Å². The maximum Gasteiger partial charge on any atom is 0.306 e. The monoisotopic (exact) mass is 262 g/mol. The maximum atomic E-state index is 11.6. The highest BCUT2D eigenvalue weighted by molar-refractivity contribution is 5.70. The number of rotatable bonds is 7. The summed E-state index contributed by atoms with van der Waals surface area (Å²) in [5.41, 5.74) is 1.23. The minimum atomic E-state index is -0.0468. The average molecular weight is 262 g/mol. The second-order valence-corrected chi connectivity index (χ2v) is 5.10. The summed E-state index contributed by atoms with van der Waals surface area (Å²) in [5, 5.41) is 0. The molecule has 3 nitrogen and oxygen atoms in total. The molecule has 2 rings (SSSR count). The fourth-order valence-electron chi connectivity index (χ4n) is 2.25. The van der Waals surface area contributed by atoms with Crippen molar-refractivity contribution in [3.8, 4) is 5.75 Å². The number of ether oxygens (including phenoxy) is 2. The lowest BCUT2D eigenvalue weighted by molar-refractivity contribution is -0.145. The Balaban J connectivity index is 1.75. The standard InChI is InChI=1S/C16H22O3/c1-3-4-5-6-16(17)19-15-11-14(15)12-7-9-13(18-2)10-8-12/h7-10,14-15H,3-6,11H2,1-2H3. The molecular formula is C16H22O3. The van der Waals surface area contributed by atoms with Gasteiger partial charge >= 0.3 is 5.97 Å². The summed E-state index contributed by atoms with van der Waals surface area (Å²) in [4.78, 5) is 11.6. The van der Waals surface area contributed by atoms with E-state index in [2.05, 4.69) is 19.1 Å². The molecule has 1 aliphatic rings. The number of carbonyl (C=O) groups is 1. The summed E-state index contributed by atoms with van der Waals surface area (Å²) >= 11 is 0. The molecule has 1 aromatic rings. The molecule has 0 radical (unpaired) electrons. The smallest absolute Gasteiger partial charge is 0.306 e. The first-order valence-corrected chi connectivity index (χ1v) is 7.08. The third-order valence-corrected chi connectivity index (χ3v) is 3.54. The van der Waals surface area contributed by atoms with Crippen LogP contribution < -0.4 is 4.74 Å². The van der Waals surface area contributed by atoms with Gasteiger partial charge < -0.3 is 9.47 Å². The van der Waals surface area contributed by atoms with Crippen molar-refractivity contribution >= 4 is 5.97 Å². The molecule has 1 saturated carbocycles. The van der Waals surface area contributed by atoms with Crippen LogP contribution in [0.15, 0.2) is 24.3 Å². The summed E-state index contributed by atoms with van der Waals surface area (Å²) in [6, 6.07) is 8.00. The first kappa shape index (κ1) is 13.9. The van der Waals surface area contributed by atoms with Gasteiger partial charge in [-0.1, -0.05) is 31.9 Å². The topological polar surface area (TPSA) is 35.5 Å². The maximum absolute atomic E-state index is 11.6. The number of unbranched alkanes of at least 4 members (excludes halogenated alkanes) is 2. The van der Waals surface area contributed by atoms with Crippen molar-refractivity contribution in [2.75, 3.05) is 7.11 Å². The van der Waals surface area contributed by atoms with Crippen LogP contribution in [0.5, 0.6) is 5.75 Å². The number of hydrogen-bond acceptors (Lipinski definition) is 3. The van der Waals surface area contributed by atoms with Gasteiger partial charge in [-0.25, -0.2) is 0 Å². The lowest BCUT2D eigenvalue weighted by Gasteiger charge is -2.05. The molecule has 0 aliphatic heterocycles. The molecule has 3 heteroatoms. The number of methoxy groups -OCH3 is 1. The van der Waals surface area contributed by atoms with E-state index in [1.807, 2.05) is 12.1 Å². The molecular weight excluding hydrogens is 240 g/mol. The highest BCUT2D eigenvalue weighted by Gasteiger charge is 2.41. The van der Waals surface area contributed by atoms with E-state index in [0.29, 0.717) is 12.3 Å². The van der Waals surface area contributed by atoms with Crippen LogP contribution in [0.25, 0.3) is 0 Å². The molecule has 19 heavy (non-hydrogen) atoms. The first-order chi connectivity index (χ1) is 9.24. The van der Waals surface area contributed by atoms with Crippen LogP contribution in [0.2, 0.25) is 0 Å². The van der Waals surface area contributed by atoms with Crippen LogP contribution in [0.1, 0.15) is 50.5 Å². The fourth-order valence-corrected chi connectivity index (χ4v) is 2.25. The van der Waals surface area contributed by atoms with E-state index in [-0.39, 0.29) is 12.1 Å². The Labute approximate surface area is 114 Å². The molecule has 1 fully saturated rings. The van der Waals surface area contributed by atoms with Gasteiger partial charge in [0, 0.05) is 12.3 Å². The van der Waals surface area contributed by atoms with Crippen molar-refractivity contribution in [2.24, 2.45) is 0 Å². The molecule has 0 amide bonds. The Morgan fingerprint density at radius 2 is 2.00 bits per heavy atom. The highest BCUT2D eigenvalue weighted by Crippen LogP contribution is 2.43. The van der Waals surface area contributed by atoms with E-state index in [4.69, 9.17) is 9.47 Å². The van der Waals surface area contributed by atoms with Gasteiger partial charge in [-0.2, -0.15) is 0 Å². The van der Waals surface area contributed by atoms with Gasteiger partial charge in [0.2, 0.25) is 0 Å². The molecule has 0 aromatic heterocycles. The zero-order valence-electron chi connectivity index (χ0n) is 11.7. The van der Waals surface area contributed by atoms with Crippen LogP contribution in [-0.2, 0) is 9.53 Å². The summed E-state index contributed by atoms with van der Waals surface area (Å²) in [5.74, 6) is 1.19. The summed E-state index contributed by atoms with van der Waals surface area (Å²) in [6.45, 7) is 2.13. The SMILES string of the molecule is CCCCCC(=O)OC1CC1c1ccc(OC)cc1. The van der Waals surface area contributed by atoms with Crippen molar-refractivity contribution in [3.05, 3.63) is 29.8 Å². The predicted molar refractivity (Wildman–Crippen MR) is 74.4 cm³/mol. The number of hydrogen-bond donors (Lipinski definition) is 0. The zero-order chi connectivity index (χ0) is 13.7. The van der Waals surface area contributed by atoms with Gasteiger partial charge in [0.15, 0.2) is 0 Å². The number of esters is 1. The Morgan fingerprint density at radius 1 is 1.26 bits per heavy atom. The van der Waals surface area contributed by atoms with E-state index in [9.17, 15) is 4.79 Å². The second kappa shape index (κ2) is 6.60. The van der Waals surface area contributed by atoms with Gasteiger partial charge in [-0.05, 0) is 30.5 Å². The third kappa shape index (κ3) is 3.98. The summed E-state index contributed by atoms with van der Waals surface area (Å²) in [6.07, 6.45) is 4.76. The van der Waals surface area contributed by atoms with Crippen molar-refractivity contribution < 1.29 is 14.3 Å². The van der Waals surface area contributed by atoms with Gasteiger partial charge in [0.05, 0.1) is 7.11 Å². The Morgan fingerprint density at radius 3 is 2.63 bits per heavy atom. The van der Waals surface area contributed by atoms with Gasteiger partial charge in [-0.15, -0.1) is 0 Å². The molecule has 0 saturated heterocycles.